The summed E-state index contributed by atoms with van der Waals surface area (Å²) in [6.07, 6.45) is 1.51. The number of aromatic nitrogens is 5. The Morgan fingerprint density at radius 3 is 2.85 bits per heavy atom. The monoisotopic (exact) mass is 365 g/mol. The maximum Gasteiger partial charge on any atom is 0.229 e. The molecule has 126 valence electrons. The summed E-state index contributed by atoms with van der Waals surface area (Å²) in [6.45, 7) is 0. The predicted octanol–water partition coefficient (Wildman–Crippen LogP) is 3.62. The Hall–Kier alpha value is -3.57. The van der Waals surface area contributed by atoms with Crippen LogP contribution in [0.25, 0.3) is 16.9 Å². The molecule has 0 fully saturated rings. The van der Waals surface area contributed by atoms with Crippen molar-refractivity contribution >= 4 is 34.4 Å². The van der Waals surface area contributed by atoms with Crippen molar-refractivity contribution in [1.29, 1.82) is 5.26 Å². The summed E-state index contributed by atoms with van der Waals surface area (Å²) in [5.41, 5.74) is 2.39. The van der Waals surface area contributed by atoms with Crippen LogP contribution in [0.4, 0.5) is 16.0 Å². The van der Waals surface area contributed by atoms with Gasteiger partial charge in [-0.25, -0.2) is 9.37 Å². The molecule has 0 unspecified atom stereocenters. The Morgan fingerprint density at radius 2 is 2.08 bits per heavy atom. The van der Waals surface area contributed by atoms with Crippen LogP contribution in [0.15, 0.2) is 48.7 Å². The molecule has 0 aliphatic rings. The first kappa shape index (κ1) is 15.9. The summed E-state index contributed by atoms with van der Waals surface area (Å²) >= 11 is 6.03. The van der Waals surface area contributed by atoms with Gasteiger partial charge < -0.3 is 5.32 Å². The van der Waals surface area contributed by atoms with E-state index in [0.717, 1.165) is 0 Å². The fourth-order valence-electron chi connectivity index (χ4n) is 2.38. The lowest BCUT2D eigenvalue weighted by Crippen LogP contribution is -2.01. The number of nitriles is 1. The van der Waals surface area contributed by atoms with Crippen LogP contribution in [0.2, 0.25) is 5.02 Å². The van der Waals surface area contributed by atoms with E-state index >= 15 is 0 Å². The van der Waals surface area contributed by atoms with Crippen molar-refractivity contribution in [2.75, 3.05) is 5.32 Å². The Morgan fingerprint density at radius 1 is 1.19 bits per heavy atom. The van der Waals surface area contributed by atoms with E-state index in [-0.39, 0.29) is 5.82 Å². The van der Waals surface area contributed by atoms with Crippen molar-refractivity contribution in [2.45, 2.75) is 0 Å². The molecule has 26 heavy (non-hydrogen) atoms. The molecule has 4 rings (SSSR count). The lowest BCUT2D eigenvalue weighted by atomic mass is 10.2. The van der Waals surface area contributed by atoms with Gasteiger partial charge in [0.2, 0.25) is 5.95 Å². The Balaban J connectivity index is 1.72. The fraction of sp³-hybridized carbons (Fsp3) is 0. The van der Waals surface area contributed by atoms with E-state index in [1.165, 1.54) is 23.0 Å². The van der Waals surface area contributed by atoms with Gasteiger partial charge in [0.05, 0.1) is 22.5 Å². The molecule has 9 heteroatoms. The number of nitrogens with one attached hydrogen (secondary N) is 1. The smallest absolute Gasteiger partial charge is 0.229 e. The van der Waals surface area contributed by atoms with E-state index in [1.807, 2.05) is 6.07 Å². The second-order valence-electron chi connectivity index (χ2n) is 5.32. The standard InChI is InChI=1S/C17H9ClFN7/c18-14-7-12(5-4-10(14)8-20)22-17-21-9-15-16(23-17)26(25-24-15)13-3-1-2-11(19)6-13/h1-7,9H,(H,21,22,23). The summed E-state index contributed by atoms with van der Waals surface area (Å²) in [4.78, 5) is 8.57. The molecule has 0 saturated heterocycles. The first-order chi connectivity index (χ1) is 12.6. The minimum atomic E-state index is -0.384. The second-order valence-corrected chi connectivity index (χ2v) is 5.72. The van der Waals surface area contributed by atoms with Gasteiger partial charge >= 0.3 is 0 Å². The normalized spacial score (nSPS) is 10.7. The van der Waals surface area contributed by atoms with E-state index in [9.17, 15) is 4.39 Å². The van der Waals surface area contributed by atoms with E-state index in [1.54, 1.807) is 30.3 Å². The molecular formula is C17H9ClFN7. The van der Waals surface area contributed by atoms with E-state index in [4.69, 9.17) is 16.9 Å². The second kappa shape index (κ2) is 6.38. The molecule has 4 aromatic rings. The van der Waals surface area contributed by atoms with Gasteiger partial charge in [-0.3, -0.25) is 0 Å². The van der Waals surface area contributed by atoms with E-state index in [0.29, 0.717) is 39.1 Å². The summed E-state index contributed by atoms with van der Waals surface area (Å²) < 4.78 is 14.9. The molecule has 0 spiro atoms. The maximum absolute atomic E-state index is 13.5. The third kappa shape index (κ3) is 2.92. The Bertz CT molecular complexity index is 1170. The molecular weight excluding hydrogens is 357 g/mol. The third-order valence-electron chi connectivity index (χ3n) is 3.59. The van der Waals surface area contributed by atoms with Gasteiger partial charge in [-0.15, -0.1) is 5.10 Å². The highest BCUT2D eigenvalue weighted by molar-refractivity contribution is 6.32. The molecule has 2 heterocycles. The van der Waals surface area contributed by atoms with Crippen molar-refractivity contribution in [3.05, 3.63) is 65.1 Å². The number of hydrogen-bond donors (Lipinski definition) is 1. The van der Waals surface area contributed by atoms with Crippen molar-refractivity contribution in [3.8, 4) is 11.8 Å². The maximum atomic E-state index is 13.5. The highest BCUT2D eigenvalue weighted by Crippen LogP contribution is 2.23. The molecule has 0 radical (unpaired) electrons. The van der Waals surface area contributed by atoms with Crippen molar-refractivity contribution in [2.24, 2.45) is 0 Å². The predicted molar refractivity (Wildman–Crippen MR) is 93.9 cm³/mol. The SMILES string of the molecule is N#Cc1ccc(Nc2ncc3nnn(-c4cccc(F)c4)c3n2)cc1Cl. The topological polar surface area (TPSA) is 92.3 Å². The van der Waals surface area contributed by atoms with Gasteiger partial charge in [0.25, 0.3) is 0 Å². The molecule has 2 aromatic carbocycles. The van der Waals surface area contributed by atoms with Gasteiger partial charge in [0, 0.05) is 5.69 Å². The fourth-order valence-corrected chi connectivity index (χ4v) is 2.61. The van der Waals surface area contributed by atoms with Crippen LogP contribution < -0.4 is 5.32 Å². The van der Waals surface area contributed by atoms with Gasteiger partial charge in [0.1, 0.15) is 11.9 Å². The van der Waals surface area contributed by atoms with Gasteiger partial charge in [-0.2, -0.15) is 14.9 Å². The lowest BCUT2D eigenvalue weighted by Gasteiger charge is -2.06. The zero-order valence-corrected chi connectivity index (χ0v) is 13.8. The van der Waals surface area contributed by atoms with E-state index < -0.39 is 0 Å². The molecule has 0 saturated carbocycles. The first-order valence-corrected chi connectivity index (χ1v) is 7.83. The van der Waals surface area contributed by atoms with Crippen LogP contribution >= 0.6 is 11.6 Å². The largest absolute Gasteiger partial charge is 0.324 e. The van der Waals surface area contributed by atoms with Crippen LogP contribution in [0.1, 0.15) is 5.56 Å². The average molecular weight is 366 g/mol. The molecule has 0 bridgehead atoms. The number of hydrogen-bond acceptors (Lipinski definition) is 6. The van der Waals surface area contributed by atoms with Crippen LogP contribution in [-0.2, 0) is 0 Å². The molecule has 0 amide bonds. The molecule has 0 atom stereocenters. The van der Waals surface area contributed by atoms with Crippen molar-refractivity contribution in [3.63, 3.8) is 0 Å². The minimum Gasteiger partial charge on any atom is -0.324 e. The quantitative estimate of drug-likeness (QED) is 0.596. The van der Waals surface area contributed by atoms with Crippen molar-refractivity contribution in [1.82, 2.24) is 25.0 Å². The van der Waals surface area contributed by atoms with E-state index in [2.05, 4.69) is 25.6 Å². The lowest BCUT2D eigenvalue weighted by molar-refractivity contribution is 0.625. The van der Waals surface area contributed by atoms with Crippen LogP contribution in [0, 0.1) is 17.1 Å². The Kier molecular flexibility index (Phi) is 3.91. The first-order valence-electron chi connectivity index (χ1n) is 7.45. The summed E-state index contributed by atoms with van der Waals surface area (Å²) in [5.74, 6) is -0.0935. The summed E-state index contributed by atoms with van der Waals surface area (Å²) in [7, 11) is 0. The highest BCUT2D eigenvalue weighted by atomic mass is 35.5. The number of anilines is 2. The number of halogens is 2. The summed E-state index contributed by atoms with van der Waals surface area (Å²) in [6, 6.07) is 12.9. The van der Waals surface area contributed by atoms with Crippen molar-refractivity contribution < 1.29 is 4.39 Å². The van der Waals surface area contributed by atoms with Crippen LogP contribution in [0.5, 0.6) is 0 Å². The van der Waals surface area contributed by atoms with Gasteiger partial charge in [-0.05, 0) is 36.4 Å². The highest BCUT2D eigenvalue weighted by Gasteiger charge is 2.11. The molecule has 0 aliphatic carbocycles. The summed E-state index contributed by atoms with van der Waals surface area (Å²) in [5, 5.41) is 20.3. The molecule has 1 N–H and O–H groups in total. The van der Waals surface area contributed by atoms with Gasteiger partial charge in [0.15, 0.2) is 11.2 Å². The molecule has 2 aromatic heterocycles. The third-order valence-corrected chi connectivity index (χ3v) is 3.90. The number of fused-ring (bicyclic) bond motifs is 1. The average Bonchev–Trinajstić information content (AvgIpc) is 3.05. The molecule has 7 nitrogen and oxygen atoms in total. The minimum absolute atomic E-state index is 0.290. The number of benzene rings is 2. The zero-order chi connectivity index (χ0) is 18.1. The van der Waals surface area contributed by atoms with Crippen LogP contribution in [0.3, 0.4) is 0 Å². The van der Waals surface area contributed by atoms with Gasteiger partial charge in [-0.1, -0.05) is 22.9 Å². The Labute approximate surface area is 151 Å². The number of nitrogens with zero attached hydrogens (tertiary/aromatic N) is 6. The molecule has 0 aliphatic heterocycles. The zero-order valence-electron chi connectivity index (χ0n) is 13.1. The number of rotatable bonds is 3. The van der Waals surface area contributed by atoms with Crippen LogP contribution in [-0.4, -0.2) is 25.0 Å².